The molecule has 0 spiro atoms. The highest BCUT2D eigenvalue weighted by Gasteiger charge is 2.33. The van der Waals surface area contributed by atoms with E-state index in [4.69, 9.17) is 16.6 Å². The largest absolute Gasteiger partial charge is 0.508 e. The van der Waals surface area contributed by atoms with Gasteiger partial charge in [-0.3, -0.25) is 10.3 Å². The number of aromatic hydroxyl groups is 1. The zero-order valence-corrected chi connectivity index (χ0v) is 17.0. The zero-order valence-electron chi connectivity index (χ0n) is 16.2. The van der Waals surface area contributed by atoms with Gasteiger partial charge in [-0.05, 0) is 43.5 Å². The summed E-state index contributed by atoms with van der Waals surface area (Å²) < 4.78 is 0. The molecule has 0 saturated heterocycles. The molecule has 2 aromatic carbocycles. The Morgan fingerprint density at radius 3 is 2.56 bits per heavy atom. The summed E-state index contributed by atoms with van der Waals surface area (Å²) in [6, 6.07) is 15.5. The van der Waals surface area contributed by atoms with Crippen molar-refractivity contribution < 1.29 is 5.11 Å². The molecule has 3 nitrogen and oxygen atoms in total. The minimum absolute atomic E-state index is 0.0329. The Balaban J connectivity index is 1.90. The topological polar surface area (TPSA) is 44.6 Å². The molecule has 0 amide bonds. The van der Waals surface area contributed by atoms with Crippen LogP contribution in [0.25, 0.3) is 0 Å². The first-order valence-corrected chi connectivity index (χ1v) is 10.3. The number of halogens is 1. The van der Waals surface area contributed by atoms with Gasteiger partial charge in [-0.25, -0.2) is 0 Å². The number of para-hydroxylation sites is 1. The summed E-state index contributed by atoms with van der Waals surface area (Å²) in [4.78, 5) is 5.10. The number of unbranched alkanes of at least 4 members (excludes halogenated alkanes) is 3. The van der Waals surface area contributed by atoms with Crippen LogP contribution in [0.15, 0.2) is 53.5 Å². The molecule has 1 heterocycles. The van der Waals surface area contributed by atoms with E-state index in [1.54, 1.807) is 6.07 Å². The summed E-state index contributed by atoms with van der Waals surface area (Å²) in [5, 5.41) is 14.8. The molecule has 1 aliphatic rings. The van der Waals surface area contributed by atoms with Crippen molar-refractivity contribution in [3.8, 4) is 5.75 Å². The number of rotatable bonds is 7. The average Bonchev–Trinajstić information content (AvgIpc) is 2.66. The van der Waals surface area contributed by atoms with E-state index in [1.165, 1.54) is 19.3 Å². The first kappa shape index (κ1) is 19.9. The Morgan fingerprint density at radius 2 is 1.85 bits per heavy atom. The molecule has 2 aromatic rings. The maximum atomic E-state index is 10.4. The number of phenolic OH excluding ortho intramolecular Hbond substituents is 1. The van der Waals surface area contributed by atoms with E-state index in [9.17, 15) is 5.11 Å². The van der Waals surface area contributed by atoms with Crippen LogP contribution in [-0.2, 0) is 0 Å². The monoisotopic (exact) mass is 384 g/mol. The minimum Gasteiger partial charge on any atom is -0.508 e. The molecular formula is C23H29ClN2O. The first-order valence-electron chi connectivity index (χ1n) is 9.91. The lowest BCUT2D eigenvalue weighted by Crippen LogP contribution is -2.47. The van der Waals surface area contributed by atoms with Gasteiger partial charge in [0, 0.05) is 28.8 Å². The fraction of sp³-hybridized carbons (Fsp3) is 0.435. The Kier molecular flexibility index (Phi) is 6.56. The van der Waals surface area contributed by atoms with Crippen molar-refractivity contribution >= 4 is 17.3 Å². The summed E-state index contributed by atoms with van der Waals surface area (Å²) in [5.74, 6) is 0.334. The van der Waals surface area contributed by atoms with Crippen molar-refractivity contribution in [2.45, 2.75) is 64.1 Å². The van der Waals surface area contributed by atoms with Gasteiger partial charge >= 0.3 is 0 Å². The lowest BCUT2D eigenvalue weighted by Gasteiger charge is -2.38. The van der Waals surface area contributed by atoms with Crippen molar-refractivity contribution in [1.82, 2.24) is 5.32 Å². The number of nitrogens with one attached hydrogen (secondary N) is 1. The molecule has 0 unspecified atom stereocenters. The van der Waals surface area contributed by atoms with Crippen LogP contribution >= 0.6 is 11.6 Å². The second-order valence-corrected chi connectivity index (χ2v) is 8.05. The lowest BCUT2D eigenvalue weighted by molar-refractivity contribution is 0.277. The van der Waals surface area contributed by atoms with Gasteiger partial charge < -0.3 is 5.11 Å². The zero-order chi connectivity index (χ0) is 19.3. The Labute approximate surface area is 167 Å². The molecule has 2 atom stereocenters. The van der Waals surface area contributed by atoms with E-state index >= 15 is 0 Å². The molecule has 3 rings (SSSR count). The lowest BCUT2D eigenvalue weighted by atomic mass is 9.90. The third kappa shape index (κ3) is 5.12. The Bertz CT molecular complexity index is 787. The van der Waals surface area contributed by atoms with Crippen LogP contribution in [0, 0.1) is 0 Å². The van der Waals surface area contributed by atoms with Crippen LogP contribution in [0.3, 0.4) is 0 Å². The predicted octanol–water partition coefficient (Wildman–Crippen LogP) is 6.26. The molecule has 0 fully saturated rings. The summed E-state index contributed by atoms with van der Waals surface area (Å²) in [6.07, 6.45) is 6.57. The van der Waals surface area contributed by atoms with Crippen LogP contribution in [0.1, 0.15) is 69.5 Å². The Morgan fingerprint density at radius 1 is 1.11 bits per heavy atom. The van der Waals surface area contributed by atoms with E-state index in [0.717, 1.165) is 41.1 Å². The van der Waals surface area contributed by atoms with Gasteiger partial charge in [-0.15, -0.1) is 0 Å². The highest BCUT2D eigenvalue weighted by Crippen LogP contribution is 2.35. The molecule has 0 aromatic heterocycles. The van der Waals surface area contributed by atoms with E-state index < -0.39 is 0 Å². The molecule has 0 saturated carbocycles. The first-order chi connectivity index (χ1) is 13.0. The molecule has 2 N–H and O–H groups in total. The number of phenols is 1. The van der Waals surface area contributed by atoms with Crippen LogP contribution in [0.2, 0.25) is 5.02 Å². The maximum absolute atomic E-state index is 10.4. The van der Waals surface area contributed by atoms with Crippen molar-refractivity contribution in [2.75, 3.05) is 0 Å². The molecule has 1 aliphatic heterocycles. The molecule has 0 aliphatic carbocycles. The maximum Gasteiger partial charge on any atom is 0.120 e. The third-order valence-corrected chi connectivity index (χ3v) is 5.52. The van der Waals surface area contributed by atoms with Gasteiger partial charge in [-0.1, -0.05) is 68.1 Å². The Hall–Kier alpha value is -1.84. The highest BCUT2D eigenvalue weighted by atomic mass is 35.5. The molecule has 0 radical (unpaired) electrons. The van der Waals surface area contributed by atoms with Crippen LogP contribution in [0.5, 0.6) is 5.75 Å². The fourth-order valence-corrected chi connectivity index (χ4v) is 3.94. The van der Waals surface area contributed by atoms with Crippen LogP contribution in [-0.4, -0.2) is 16.5 Å². The van der Waals surface area contributed by atoms with Crippen molar-refractivity contribution in [3.63, 3.8) is 0 Å². The average molecular weight is 385 g/mol. The summed E-state index contributed by atoms with van der Waals surface area (Å²) in [7, 11) is 0. The smallest absolute Gasteiger partial charge is 0.120 e. The highest BCUT2D eigenvalue weighted by molar-refractivity contribution is 6.30. The van der Waals surface area contributed by atoms with Crippen molar-refractivity contribution in [1.29, 1.82) is 0 Å². The van der Waals surface area contributed by atoms with Gasteiger partial charge in [0.25, 0.3) is 0 Å². The fourth-order valence-electron chi connectivity index (χ4n) is 3.81. The second kappa shape index (κ2) is 8.90. The van der Waals surface area contributed by atoms with Gasteiger partial charge in [-0.2, -0.15) is 0 Å². The molecule has 0 bridgehead atoms. The van der Waals surface area contributed by atoms with Gasteiger partial charge in [0.15, 0.2) is 0 Å². The van der Waals surface area contributed by atoms with Crippen LogP contribution in [0.4, 0.5) is 0 Å². The molecule has 144 valence electrons. The van der Waals surface area contributed by atoms with E-state index in [1.807, 2.05) is 42.5 Å². The number of nitrogens with zero attached hydrogens (tertiary/aromatic N) is 1. The number of hydrogen-bond donors (Lipinski definition) is 2. The van der Waals surface area contributed by atoms with Crippen molar-refractivity contribution in [2.24, 2.45) is 4.99 Å². The van der Waals surface area contributed by atoms with E-state index in [2.05, 4.69) is 19.2 Å². The summed E-state index contributed by atoms with van der Waals surface area (Å²) >= 11 is 6.06. The molecule has 4 heteroatoms. The predicted molar refractivity (Wildman–Crippen MR) is 114 cm³/mol. The summed E-state index contributed by atoms with van der Waals surface area (Å²) in [6.45, 7) is 4.40. The van der Waals surface area contributed by atoms with Crippen LogP contribution < -0.4 is 5.32 Å². The van der Waals surface area contributed by atoms with Gasteiger partial charge in [0.05, 0.1) is 0 Å². The molecular weight excluding hydrogens is 356 g/mol. The quantitative estimate of drug-likeness (QED) is 0.553. The second-order valence-electron chi connectivity index (χ2n) is 7.61. The minimum atomic E-state index is -0.339. The van der Waals surface area contributed by atoms with Gasteiger partial charge in [0.1, 0.15) is 11.4 Å². The molecule has 27 heavy (non-hydrogen) atoms. The SMILES string of the molecule is CCCCCC[C@@]1(C)N=C(c2ccc(Cl)cc2)C[C@H](c2ccccc2O)N1. The number of hydrogen-bond acceptors (Lipinski definition) is 3. The normalized spacial score (nSPS) is 22.5. The summed E-state index contributed by atoms with van der Waals surface area (Å²) in [5.41, 5.74) is 2.75. The van der Waals surface area contributed by atoms with E-state index in [-0.39, 0.29) is 11.7 Å². The third-order valence-electron chi connectivity index (χ3n) is 5.27. The van der Waals surface area contributed by atoms with E-state index in [0.29, 0.717) is 5.75 Å². The van der Waals surface area contributed by atoms with Crippen molar-refractivity contribution in [3.05, 3.63) is 64.7 Å². The standard InChI is InChI=1S/C23H29ClN2O/c1-3-4-5-8-15-23(2)25-20(17-11-13-18(24)14-12-17)16-21(26-23)19-9-6-7-10-22(19)27/h6-7,9-14,21,26-27H,3-5,8,15-16H2,1-2H3/t21-,23+/m1/s1. The number of benzene rings is 2. The van der Waals surface area contributed by atoms with Gasteiger partial charge in [0.2, 0.25) is 0 Å². The number of aliphatic imine (C=N–C) groups is 1.